The minimum absolute atomic E-state index is 0.588. The van der Waals surface area contributed by atoms with E-state index in [1.165, 1.54) is 18.4 Å². The first-order valence-corrected chi connectivity index (χ1v) is 7.04. The van der Waals surface area contributed by atoms with E-state index in [1.54, 1.807) is 7.11 Å². The number of halogens is 1. The second kappa shape index (κ2) is 6.55. The Hall–Kier alpha value is -0.570. The largest absolute Gasteiger partial charge is 0.384 e. The van der Waals surface area contributed by atoms with Crippen LogP contribution in [0.3, 0.4) is 0 Å². The minimum Gasteiger partial charge on any atom is -0.384 e. The third kappa shape index (κ3) is 3.71. The molecule has 0 spiro atoms. The fraction of sp³-hybridized carbons (Fsp3) is 0.600. The number of nitrogens with one attached hydrogen (secondary N) is 1. The lowest BCUT2D eigenvalue weighted by molar-refractivity contribution is 0.152. The summed E-state index contributed by atoms with van der Waals surface area (Å²) < 4.78 is 5.14. The average Bonchev–Trinajstić information content (AvgIpc) is 2.29. The number of ether oxygens (including phenoxy) is 1. The van der Waals surface area contributed by atoms with Gasteiger partial charge in [-0.15, -0.1) is 0 Å². The van der Waals surface area contributed by atoms with Crippen LogP contribution in [-0.4, -0.2) is 26.3 Å². The molecule has 1 aliphatic rings. The Morgan fingerprint density at radius 1 is 1.33 bits per heavy atom. The van der Waals surface area contributed by atoms with Gasteiger partial charge in [-0.3, -0.25) is 0 Å². The van der Waals surface area contributed by atoms with Crippen LogP contribution in [0.5, 0.6) is 0 Å². The number of hydrogen-bond donors (Lipinski definition) is 1. The first kappa shape index (κ1) is 13.9. The number of methoxy groups -OCH3 is 1. The normalized spacial score (nSPS) is 24.6. The van der Waals surface area contributed by atoms with Gasteiger partial charge in [0.05, 0.1) is 0 Å². The summed E-state index contributed by atoms with van der Waals surface area (Å²) in [6.07, 6.45) is 2.47. The van der Waals surface area contributed by atoms with Crippen LogP contribution in [-0.2, 0) is 4.74 Å². The van der Waals surface area contributed by atoms with Crippen molar-refractivity contribution in [2.24, 2.45) is 5.92 Å². The lowest BCUT2D eigenvalue weighted by Crippen LogP contribution is -2.42. The first-order valence-electron chi connectivity index (χ1n) is 6.67. The van der Waals surface area contributed by atoms with Gasteiger partial charge in [-0.2, -0.15) is 0 Å². The predicted molar refractivity (Wildman–Crippen MR) is 76.3 cm³/mol. The van der Waals surface area contributed by atoms with Crippen LogP contribution in [0.25, 0.3) is 0 Å². The van der Waals surface area contributed by atoms with Crippen molar-refractivity contribution < 1.29 is 4.74 Å². The maximum absolute atomic E-state index is 5.90. The number of rotatable bonds is 6. The fourth-order valence-corrected chi connectivity index (χ4v) is 2.63. The van der Waals surface area contributed by atoms with E-state index in [2.05, 4.69) is 24.4 Å². The van der Waals surface area contributed by atoms with Crippen molar-refractivity contribution in [2.45, 2.75) is 31.7 Å². The molecule has 1 unspecified atom stereocenters. The third-order valence-electron chi connectivity index (χ3n) is 3.69. The van der Waals surface area contributed by atoms with Gasteiger partial charge in [0, 0.05) is 31.3 Å². The summed E-state index contributed by atoms with van der Waals surface area (Å²) in [6, 6.07) is 8.94. The van der Waals surface area contributed by atoms with Crippen LogP contribution in [0.2, 0.25) is 5.02 Å². The van der Waals surface area contributed by atoms with Crippen molar-refractivity contribution in [3.8, 4) is 0 Å². The second-order valence-electron chi connectivity index (χ2n) is 5.39. The highest BCUT2D eigenvalue weighted by Crippen LogP contribution is 2.37. The van der Waals surface area contributed by atoms with Crippen molar-refractivity contribution >= 4 is 11.6 Å². The molecule has 0 amide bonds. The molecule has 0 aromatic heterocycles. The molecule has 1 atom stereocenters. The van der Waals surface area contributed by atoms with E-state index < -0.39 is 0 Å². The molecule has 0 heterocycles. The Balaban J connectivity index is 1.69. The molecule has 0 aliphatic heterocycles. The molecule has 0 bridgehead atoms. The Kier molecular flexibility index (Phi) is 5.04. The van der Waals surface area contributed by atoms with Gasteiger partial charge < -0.3 is 10.1 Å². The molecule has 1 saturated carbocycles. The summed E-state index contributed by atoms with van der Waals surface area (Å²) >= 11 is 5.90. The number of hydrogen-bond acceptors (Lipinski definition) is 2. The standard InChI is InChI=1S/C15H22ClNO/c1-11(10-18-2)9-17-15-7-13(8-15)12-3-5-14(16)6-4-12/h3-6,11,13,15,17H,7-10H2,1-2H3. The molecular formula is C15H22ClNO. The SMILES string of the molecule is COCC(C)CNC1CC(c2ccc(Cl)cc2)C1. The van der Waals surface area contributed by atoms with Gasteiger partial charge in [0.25, 0.3) is 0 Å². The molecule has 1 N–H and O–H groups in total. The van der Waals surface area contributed by atoms with E-state index in [1.807, 2.05) is 12.1 Å². The fourth-order valence-electron chi connectivity index (χ4n) is 2.50. The molecule has 100 valence electrons. The zero-order valence-electron chi connectivity index (χ0n) is 11.2. The summed E-state index contributed by atoms with van der Waals surface area (Å²) in [5.74, 6) is 1.29. The minimum atomic E-state index is 0.588. The predicted octanol–water partition coefficient (Wildman–Crippen LogP) is 3.46. The zero-order chi connectivity index (χ0) is 13.0. The molecule has 2 rings (SSSR count). The van der Waals surface area contributed by atoms with Crippen molar-refractivity contribution in [3.05, 3.63) is 34.9 Å². The van der Waals surface area contributed by atoms with E-state index in [-0.39, 0.29) is 0 Å². The lowest BCUT2D eigenvalue weighted by atomic mass is 9.76. The van der Waals surface area contributed by atoms with Gasteiger partial charge in [-0.25, -0.2) is 0 Å². The summed E-state index contributed by atoms with van der Waals surface area (Å²) in [7, 11) is 1.76. The van der Waals surface area contributed by atoms with Crippen LogP contribution in [0.1, 0.15) is 31.2 Å². The van der Waals surface area contributed by atoms with Crippen LogP contribution in [0.4, 0.5) is 0 Å². The topological polar surface area (TPSA) is 21.3 Å². The maximum atomic E-state index is 5.90. The summed E-state index contributed by atoms with van der Waals surface area (Å²) in [6.45, 7) is 4.10. The molecule has 1 aliphatic carbocycles. The van der Waals surface area contributed by atoms with Crippen LogP contribution >= 0.6 is 11.6 Å². The van der Waals surface area contributed by atoms with Crippen molar-refractivity contribution in [1.29, 1.82) is 0 Å². The average molecular weight is 268 g/mol. The van der Waals surface area contributed by atoms with Gasteiger partial charge >= 0.3 is 0 Å². The quantitative estimate of drug-likeness (QED) is 0.852. The molecule has 1 fully saturated rings. The maximum Gasteiger partial charge on any atom is 0.0499 e. The summed E-state index contributed by atoms with van der Waals surface area (Å²) in [5.41, 5.74) is 1.42. The van der Waals surface area contributed by atoms with Crippen molar-refractivity contribution in [3.63, 3.8) is 0 Å². The molecule has 2 nitrogen and oxygen atoms in total. The molecule has 1 aromatic carbocycles. The highest BCUT2D eigenvalue weighted by atomic mass is 35.5. The Morgan fingerprint density at radius 2 is 2.00 bits per heavy atom. The van der Waals surface area contributed by atoms with E-state index in [4.69, 9.17) is 16.3 Å². The van der Waals surface area contributed by atoms with Crippen LogP contribution in [0.15, 0.2) is 24.3 Å². The first-order chi connectivity index (χ1) is 8.69. The van der Waals surface area contributed by atoms with Crippen molar-refractivity contribution in [2.75, 3.05) is 20.3 Å². The Morgan fingerprint density at radius 3 is 2.61 bits per heavy atom. The van der Waals surface area contributed by atoms with Gasteiger partial charge in [0.1, 0.15) is 0 Å². The zero-order valence-corrected chi connectivity index (χ0v) is 11.9. The van der Waals surface area contributed by atoms with Gasteiger partial charge in [0.15, 0.2) is 0 Å². The van der Waals surface area contributed by atoms with Gasteiger partial charge in [-0.05, 0) is 42.4 Å². The van der Waals surface area contributed by atoms with E-state index in [9.17, 15) is 0 Å². The number of benzene rings is 1. The Bertz CT molecular complexity index is 359. The summed E-state index contributed by atoms with van der Waals surface area (Å²) in [4.78, 5) is 0. The smallest absolute Gasteiger partial charge is 0.0499 e. The molecule has 0 radical (unpaired) electrons. The molecule has 0 saturated heterocycles. The van der Waals surface area contributed by atoms with Crippen LogP contribution < -0.4 is 5.32 Å². The summed E-state index contributed by atoms with van der Waals surface area (Å²) in [5, 5.41) is 4.43. The second-order valence-corrected chi connectivity index (χ2v) is 5.82. The van der Waals surface area contributed by atoms with E-state index >= 15 is 0 Å². The molecular weight excluding hydrogens is 246 g/mol. The van der Waals surface area contributed by atoms with Gasteiger partial charge in [0.2, 0.25) is 0 Å². The molecule has 18 heavy (non-hydrogen) atoms. The third-order valence-corrected chi connectivity index (χ3v) is 3.94. The lowest BCUT2D eigenvalue weighted by Gasteiger charge is -2.37. The highest BCUT2D eigenvalue weighted by Gasteiger charge is 2.29. The van der Waals surface area contributed by atoms with Crippen molar-refractivity contribution in [1.82, 2.24) is 5.32 Å². The highest BCUT2D eigenvalue weighted by molar-refractivity contribution is 6.30. The molecule has 1 aromatic rings. The van der Waals surface area contributed by atoms with Gasteiger partial charge in [-0.1, -0.05) is 30.7 Å². The monoisotopic (exact) mass is 267 g/mol. The Labute approximate surface area is 115 Å². The van der Waals surface area contributed by atoms with E-state index in [0.717, 1.165) is 18.2 Å². The van der Waals surface area contributed by atoms with E-state index in [0.29, 0.717) is 17.9 Å². The van der Waals surface area contributed by atoms with Crippen LogP contribution in [0, 0.1) is 5.92 Å². The molecule has 3 heteroatoms.